The summed E-state index contributed by atoms with van der Waals surface area (Å²) in [5.41, 5.74) is 2.94. The van der Waals surface area contributed by atoms with Gasteiger partial charge in [-0.15, -0.1) is 0 Å². The lowest BCUT2D eigenvalue weighted by molar-refractivity contribution is -0.384. The number of unbranched alkanes of at least 4 members (excludes halogenated alkanes) is 1. The van der Waals surface area contributed by atoms with Crippen LogP contribution in [0, 0.1) is 10.1 Å². The van der Waals surface area contributed by atoms with Gasteiger partial charge in [-0.25, -0.2) is 0 Å². The maximum Gasteiger partial charge on any atom is 0.322 e. The highest BCUT2D eigenvalue weighted by Gasteiger charge is 2.31. The Morgan fingerprint density at radius 1 is 1.02 bits per heavy atom. The summed E-state index contributed by atoms with van der Waals surface area (Å²) in [5.74, 6) is -6.22. The van der Waals surface area contributed by atoms with Gasteiger partial charge in [0.2, 0.25) is 17.7 Å². The first-order chi connectivity index (χ1) is 19.4. The highest BCUT2D eigenvalue weighted by molar-refractivity contribution is 6.01. The van der Waals surface area contributed by atoms with Crippen LogP contribution >= 0.6 is 0 Å². The van der Waals surface area contributed by atoms with Gasteiger partial charge in [0.25, 0.3) is 11.6 Å². The van der Waals surface area contributed by atoms with Gasteiger partial charge >= 0.3 is 11.9 Å². The van der Waals surface area contributed by atoms with E-state index in [2.05, 4.69) is 27.0 Å². The van der Waals surface area contributed by atoms with E-state index in [4.69, 9.17) is 14.9 Å². The molecule has 1 aliphatic heterocycles. The number of nitrogens with one attached hydrogen (secondary N) is 4. The lowest BCUT2D eigenvalue weighted by atomic mass is 10.0. The number of benzene rings is 1. The van der Waals surface area contributed by atoms with Crippen molar-refractivity contribution >= 4 is 41.3 Å². The number of ether oxygens (including phenoxy) is 1. The summed E-state index contributed by atoms with van der Waals surface area (Å²) in [5, 5.41) is 38.9. The third-order valence-electron chi connectivity index (χ3n) is 6.02. The third-order valence-corrected chi connectivity index (χ3v) is 6.02. The second kappa shape index (κ2) is 15.7. The van der Waals surface area contributed by atoms with E-state index >= 15 is 0 Å². The topological polar surface area (TPSA) is 271 Å². The van der Waals surface area contributed by atoms with E-state index in [1.54, 1.807) is 0 Å². The Morgan fingerprint density at radius 2 is 1.71 bits per heavy atom. The number of aliphatic carboxylic acids is 2. The van der Waals surface area contributed by atoms with Crippen molar-refractivity contribution in [1.82, 2.24) is 21.3 Å². The molecule has 1 aromatic rings. The number of nitro groups is 1. The van der Waals surface area contributed by atoms with Crippen LogP contribution in [0.25, 0.3) is 0 Å². The summed E-state index contributed by atoms with van der Waals surface area (Å²) in [6.07, 6.45) is 0.0683. The van der Waals surface area contributed by atoms with Crippen molar-refractivity contribution in [3.05, 3.63) is 33.9 Å². The normalized spacial score (nSPS) is 19.7. The minimum atomic E-state index is -1.45. The third kappa shape index (κ3) is 10.4. The predicted molar refractivity (Wildman–Crippen MR) is 137 cm³/mol. The molecule has 1 aliphatic rings. The molecule has 0 fully saturated rings. The van der Waals surface area contributed by atoms with Crippen LogP contribution in [0.1, 0.15) is 48.9 Å². The van der Waals surface area contributed by atoms with Crippen LogP contribution in [0.3, 0.4) is 0 Å². The van der Waals surface area contributed by atoms with E-state index < -0.39 is 77.3 Å². The molecule has 0 saturated carbocycles. The quantitative estimate of drug-likeness (QED) is 0.0846. The van der Waals surface area contributed by atoms with Crippen LogP contribution in [0.2, 0.25) is 0 Å². The van der Waals surface area contributed by atoms with Gasteiger partial charge in [0.1, 0.15) is 30.4 Å². The SMILES string of the molecule is [NH3+]CCCC[C@@H]1NC(=O)[C@H](CCC(=O)O)NC(=O)c2cc([N+](=O)[O-])ccc2OCC[C@@H](C(=O)NCC(=O)O)NC1=O. The number of nitro benzene ring substituents is 1. The van der Waals surface area contributed by atoms with Crippen molar-refractivity contribution in [1.29, 1.82) is 0 Å². The number of carboxylic acid groups (broad SMARTS) is 2. The number of carbonyl (C=O) groups excluding carboxylic acids is 4. The monoisotopic (exact) mass is 581 g/mol. The van der Waals surface area contributed by atoms with Crippen molar-refractivity contribution in [2.24, 2.45) is 0 Å². The van der Waals surface area contributed by atoms with Crippen LogP contribution < -0.4 is 31.7 Å². The number of rotatable bonds is 11. The van der Waals surface area contributed by atoms with Gasteiger partial charge in [0, 0.05) is 25.0 Å². The number of hydrogen-bond donors (Lipinski definition) is 7. The predicted octanol–water partition coefficient (Wildman–Crippen LogP) is -2.08. The first-order valence-electron chi connectivity index (χ1n) is 12.8. The zero-order valence-corrected chi connectivity index (χ0v) is 22.1. The van der Waals surface area contributed by atoms with Gasteiger partial charge in [-0.05, 0) is 31.7 Å². The van der Waals surface area contributed by atoms with Gasteiger partial charge in [0.05, 0.1) is 23.6 Å². The molecule has 0 radical (unpaired) electrons. The first kappa shape index (κ1) is 32.4. The summed E-state index contributed by atoms with van der Waals surface area (Å²) >= 11 is 0. The zero-order chi connectivity index (χ0) is 30.5. The number of nitrogens with zero attached hydrogens (tertiary/aromatic N) is 1. The molecular weight excluding hydrogens is 548 g/mol. The fourth-order valence-corrected chi connectivity index (χ4v) is 3.89. The lowest BCUT2D eigenvalue weighted by Gasteiger charge is -2.26. The Hall–Kier alpha value is -4.80. The Bertz CT molecular complexity index is 1170. The molecule has 1 heterocycles. The van der Waals surface area contributed by atoms with E-state index in [0.717, 1.165) is 18.2 Å². The highest BCUT2D eigenvalue weighted by Crippen LogP contribution is 2.25. The van der Waals surface area contributed by atoms with Crippen LogP contribution in [0.15, 0.2) is 18.2 Å². The highest BCUT2D eigenvalue weighted by atomic mass is 16.6. The zero-order valence-electron chi connectivity index (χ0n) is 22.1. The summed E-state index contributed by atoms with van der Waals surface area (Å²) in [4.78, 5) is 85.0. The molecule has 0 aliphatic carbocycles. The molecule has 0 unspecified atom stereocenters. The maximum atomic E-state index is 13.2. The number of amides is 4. The number of non-ortho nitro benzene ring substituents is 1. The van der Waals surface area contributed by atoms with E-state index in [1.807, 2.05) is 0 Å². The number of carboxylic acids is 2. The average Bonchev–Trinajstić information content (AvgIpc) is 2.91. The Balaban J connectivity index is 2.51. The summed E-state index contributed by atoms with van der Waals surface area (Å²) in [6.45, 7) is -0.471. The van der Waals surface area contributed by atoms with Crippen molar-refractivity contribution < 1.29 is 54.4 Å². The minimum absolute atomic E-state index is 0.113. The lowest BCUT2D eigenvalue weighted by Crippen LogP contribution is -2.57. The Labute approximate surface area is 233 Å². The van der Waals surface area contributed by atoms with Gasteiger partial charge in [-0.1, -0.05) is 0 Å². The molecule has 17 heteroatoms. The average molecular weight is 582 g/mol. The smallest absolute Gasteiger partial charge is 0.322 e. The van der Waals surface area contributed by atoms with Crippen LogP contribution in [-0.4, -0.2) is 88.5 Å². The molecule has 17 nitrogen and oxygen atoms in total. The van der Waals surface area contributed by atoms with Gasteiger partial charge < -0.3 is 42.0 Å². The molecule has 1 aromatic carbocycles. The molecule has 9 N–H and O–H groups in total. The molecule has 0 aromatic heterocycles. The molecule has 0 bridgehead atoms. The maximum absolute atomic E-state index is 13.2. The summed E-state index contributed by atoms with van der Waals surface area (Å²) in [7, 11) is 0. The van der Waals surface area contributed by atoms with E-state index in [1.165, 1.54) is 0 Å². The largest absolute Gasteiger partial charge is 0.493 e. The van der Waals surface area contributed by atoms with E-state index in [-0.39, 0.29) is 37.2 Å². The van der Waals surface area contributed by atoms with Gasteiger partial charge in [-0.3, -0.25) is 38.9 Å². The standard InChI is InChI=1S/C24H32N6O11/c25-9-2-1-3-15-23(37)29-17(22(36)26-12-20(33)34)8-10-41-18-6-4-13(30(39)40)11-14(18)21(35)27-16(24(38)28-15)5-7-19(31)32/h4,6,11,15-17H,1-3,5,7-10,12,25H2,(H,26,36)(H,27,35)(H,28,38)(H,29,37)(H,31,32)(H,33,34)/p+1/t15-,16-,17-/m0/s1. The molecule has 4 amide bonds. The second-order valence-electron chi connectivity index (χ2n) is 9.12. The molecule has 0 saturated heterocycles. The fraction of sp³-hybridized carbons (Fsp3) is 0.500. The second-order valence-corrected chi connectivity index (χ2v) is 9.12. The molecule has 0 spiro atoms. The van der Waals surface area contributed by atoms with Crippen molar-refractivity contribution in [3.63, 3.8) is 0 Å². The summed E-state index contributed by atoms with van der Waals surface area (Å²) < 4.78 is 5.61. The molecule has 3 atom stereocenters. The molecule has 41 heavy (non-hydrogen) atoms. The summed E-state index contributed by atoms with van der Waals surface area (Å²) in [6, 6.07) is -0.837. The van der Waals surface area contributed by atoms with Crippen LogP contribution in [0.4, 0.5) is 5.69 Å². The first-order valence-corrected chi connectivity index (χ1v) is 12.8. The van der Waals surface area contributed by atoms with Crippen molar-refractivity contribution in [2.75, 3.05) is 19.7 Å². The van der Waals surface area contributed by atoms with Gasteiger partial charge in [0.15, 0.2) is 0 Å². The molecular formula is C24H33N6O11+. The van der Waals surface area contributed by atoms with Gasteiger partial charge in [-0.2, -0.15) is 0 Å². The molecule has 2 rings (SSSR count). The number of hydrogen-bond acceptors (Lipinski definition) is 9. The number of fused-ring (bicyclic) bond motifs is 1. The van der Waals surface area contributed by atoms with E-state index in [0.29, 0.717) is 19.4 Å². The van der Waals surface area contributed by atoms with Crippen molar-refractivity contribution in [2.45, 2.75) is 56.7 Å². The Morgan fingerprint density at radius 3 is 2.34 bits per heavy atom. The Kier molecular flexibility index (Phi) is 12.4. The van der Waals surface area contributed by atoms with Crippen LogP contribution in [-0.2, 0) is 24.0 Å². The molecule has 224 valence electrons. The number of quaternary nitrogens is 1. The van der Waals surface area contributed by atoms with Crippen LogP contribution in [0.5, 0.6) is 5.75 Å². The van der Waals surface area contributed by atoms with E-state index in [9.17, 15) is 38.9 Å². The van der Waals surface area contributed by atoms with Crippen molar-refractivity contribution in [3.8, 4) is 5.75 Å². The number of carbonyl (C=O) groups is 6. The minimum Gasteiger partial charge on any atom is -0.493 e. The fourth-order valence-electron chi connectivity index (χ4n) is 3.89.